The first-order chi connectivity index (χ1) is 11.5. The van der Waals surface area contributed by atoms with Crippen molar-refractivity contribution in [1.82, 2.24) is 9.88 Å². The van der Waals surface area contributed by atoms with Crippen molar-refractivity contribution in [2.24, 2.45) is 0 Å². The molecule has 2 aromatic rings. The first kappa shape index (κ1) is 18.1. The van der Waals surface area contributed by atoms with Crippen LogP contribution in [0.25, 0.3) is 0 Å². The van der Waals surface area contributed by atoms with E-state index >= 15 is 0 Å². The van der Waals surface area contributed by atoms with Crippen LogP contribution in [0.1, 0.15) is 16.1 Å². The maximum atomic E-state index is 12.3. The van der Waals surface area contributed by atoms with E-state index in [2.05, 4.69) is 21.2 Å². The first-order valence-electron chi connectivity index (χ1n) is 7.33. The third kappa shape index (κ3) is 4.17. The smallest absolute Gasteiger partial charge is 0.254 e. The highest BCUT2D eigenvalue weighted by atomic mass is 79.9. The molecule has 24 heavy (non-hydrogen) atoms. The van der Waals surface area contributed by atoms with E-state index in [9.17, 15) is 9.59 Å². The van der Waals surface area contributed by atoms with E-state index in [1.807, 2.05) is 6.92 Å². The van der Waals surface area contributed by atoms with Crippen LogP contribution < -0.4 is 20.3 Å². The number of methoxy groups -OCH3 is 2. The molecule has 1 aromatic heterocycles. The Morgan fingerprint density at radius 1 is 1.17 bits per heavy atom. The zero-order valence-corrected chi connectivity index (χ0v) is 15.3. The van der Waals surface area contributed by atoms with Gasteiger partial charge in [0.05, 0.1) is 19.8 Å². The third-order valence-corrected chi connectivity index (χ3v) is 4.27. The van der Waals surface area contributed by atoms with Crippen molar-refractivity contribution >= 4 is 21.8 Å². The summed E-state index contributed by atoms with van der Waals surface area (Å²) in [6, 6.07) is 8.38. The van der Waals surface area contributed by atoms with Gasteiger partial charge in [0.1, 0.15) is 11.5 Å². The number of halogens is 1. The molecule has 0 saturated heterocycles. The third-order valence-electron chi connectivity index (χ3n) is 3.58. The number of aryl methyl sites for hydroxylation is 1. The van der Waals surface area contributed by atoms with Crippen LogP contribution in [0.4, 0.5) is 0 Å². The van der Waals surface area contributed by atoms with Gasteiger partial charge in [-0.15, -0.1) is 0 Å². The predicted octanol–water partition coefficient (Wildman–Crippen LogP) is 2.37. The Bertz CT molecular complexity index is 802. The fourth-order valence-electron chi connectivity index (χ4n) is 2.29. The molecule has 7 heteroatoms. The highest BCUT2D eigenvalue weighted by Crippen LogP contribution is 2.22. The maximum absolute atomic E-state index is 12.3. The molecule has 0 atom stereocenters. The molecule has 0 radical (unpaired) electrons. The van der Waals surface area contributed by atoms with Gasteiger partial charge in [0.15, 0.2) is 0 Å². The highest BCUT2D eigenvalue weighted by Gasteiger charge is 2.11. The number of nitrogens with zero attached hydrogens (tertiary/aromatic N) is 1. The Hall–Kier alpha value is -2.28. The molecular formula is C17H19BrN2O4. The van der Waals surface area contributed by atoms with Crippen LogP contribution >= 0.6 is 15.9 Å². The average Bonchev–Trinajstić information content (AvgIpc) is 2.57. The summed E-state index contributed by atoms with van der Waals surface area (Å²) in [5.41, 5.74) is 1.09. The van der Waals surface area contributed by atoms with Crippen LogP contribution in [0.3, 0.4) is 0 Å². The summed E-state index contributed by atoms with van der Waals surface area (Å²) in [6.07, 6.45) is 0. The van der Waals surface area contributed by atoms with Crippen LogP contribution in [0.5, 0.6) is 11.5 Å². The van der Waals surface area contributed by atoms with Crippen molar-refractivity contribution in [2.45, 2.75) is 13.5 Å². The lowest BCUT2D eigenvalue weighted by Gasteiger charge is -2.12. The second-order valence-corrected chi connectivity index (χ2v) is 5.98. The molecule has 128 valence electrons. The number of hydrogen-bond acceptors (Lipinski definition) is 4. The number of carbonyl (C=O) groups is 1. The second kappa shape index (κ2) is 8.01. The summed E-state index contributed by atoms with van der Waals surface area (Å²) in [6.45, 7) is 2.53. The fraction of sp³-hybridized carbons (Fsp3) is 0.294. The number of pyridine rings is 1. The van der Waals surface area contributed by atoms with Crippen molar-refractivity contribution in [2.75, 3.05) is 20.8 Å². The van der Waals surface area contributed by atoms with E-state index < -0.39 is 0 Å². The van der Waals surface area contributed by atoms with Crippen molar-refractivity contribution < 1.29 is 14.3 Å². The summed E-state index contributed by atoms with van der Waals surface area (Å²) in [5.74, 6) is 0.892. The van der Waals surface area contributed by atoms with Crippen molar-refractivity contribution in [3.63, 3.8) is 0 Å². The van der Waals surface area contributed by atoms with Crippen LogP contribution in [0, 0.1) is 6.92 Å². The molecule has 1 heterocycles. The number of rotatable bonds is 6. The van der Waals surface area contributed by atoms with E-state index in [4.69, 9.17) is 9.47 Å². The molecule has 0 bridgehead atoms. The topological polar surface area (TPSA) is 69.6 Å². The molecule has 0 aliphatic carbocycles. The molecule has 0 saturated carbocycles. The molecule has 1 N–H and O–H groups in total. The minimum absolute atomic E-state index is 0.163. The lowest BCUT2D eigenvalue weighted by atomic mass is 10.2. The summed E-state index contributed by atoms with van der Waals surface area (Å²) in [4.78, 5) is 24.3. The SMILES string of the molecule is COc1ccc(Br)c(C(=O)NCCn2c(C)cc(OC)cc2=O)c1. The Labute approximate surface area is 148 Å². The maximum Gasteiger partial charge on any atom is 0.254 e. The van der Waals surface area contributed by atoms with Gasteiger partial charge in [-0.25, -0.2) is 0 Å². The minimum atomic E-state index is -0.236. The first-order valence-corrected chi connectivity index (χ1v) is 8.12. The number of carbonyl (C=O) groups excluding carboxylic acids is 1. The number of benzene rings is 1. The molecule has 2 rings (SSSR count). The molecule has 0 fully saturated rings. The minimum Gasteiger partial charge on any atom is -0.497 e. The van der Waals surface area contributed by atoms with Crippen molar-refractivity contribution in [1.29, 1.82) is 0 Å². The number of amides is 1. The molecule has 0 aliphatic heterocycles. The highest BCUT2D eigenvalue weighted by molar-refractivity contribution is 9.10. The van der Waals surface area contributed by atoms with Gasteiger partial charge in [-0.3, -0.25) is 9.59 Å². The zero-order valence-electron chi connectivity index (χ0n) is 13.8. The number of hydrogen-bond donors (Lipinski definition) is 1. The molecule has 6 nitrogen and oxygen atoms in total. The molecule has 0 spiro atoms. The van der Waals surface area contributed by atoms with E-state index in [1.165, 1.54) is 13.2 Å². The Morgan fingerprint density at radius 3 is 2.50 bits per heavy atom. The van der Waals surface area contributed by atoms with Gasteiger partial charge in [0, 0.05) is 29.3 Å². The quantitative estimate of drug-likeness (QED) is 0.816. The van der Waals surface area contributed by atoms with Gasteiger partial charge in [-0.1, -0.05) is 0 Å². The summed E-state index contributed by atoms with van der Waals surface area (Å²) in [5, 5.41) is 2.81. The largest absolute Gasteiger partial charge is 0.497 e. The van der Waals surface area contributed by atoms with Gasteiger partial charge < -0.3 is 19.4 Å². The summed E-state index contributed by atoms with van der Waals surface area (Å²) >= 11 is 3.35. The van der Waals surface area contributed by atoms with Crippen LogP contribution in [-0.2, 0) is 6.54 Å². The Morgan fingerprint density at radius 2 is 1.88 bits per heavy atom. The predicted molar refractivity (Wildman–Crippen MR) is 95.0 cm³/mol. The molecular weight excluding hydrogens is 376 g/mol. The van der Waals surface area contributed by atoms with Gasteiger partial charge >= 0.3 is 0 Å². The Kier molecular flexibility index (Phi) is 6.03. The molecule has 0 unspecified atom stereocenters. The number of ether oxygens (including phenoxy) is 2. The Balaban J connectivity index is 2.05. The van der Waals surface area contributed by atoms with Crippen LogP contribution in [0.15, 0.2) is 39.6 Å². The molecule has 1 aromatic carbocycles. The van der Waals surface area contributed by atoms with Crippen molar-refractivity contribution in [3.05, 3.63) is 56.4 Å². The van der Waals surface area contributed by atoms with Gasteiger partial charge in [-0.05, 0) is 47.1 Å². The lowest BCUT2D eigenvalue weighted by Crippen LogP contribution is -2.31. The summed E-state index contributed by atoms with van der Waals surface area (Å²) in [7, 11) is 3.06. The average molecular weight is 395 g/mol. The second-order valence-electron chi connectivity index (χ2n) is 5.13. The summed E-state index contributed by atoms with van der Waals surface area (Å²) < 4.78 is 12.5. The van der Waals surface area contributed by atoms with E-state index in [0.717, 1.165) is 5.69 Å². The molecule has 0 aliphatic rings. The monoisotopic (exact) mass is 394 g/mol. The number of nitrogens with one attached hydrogen (secondary N) is 1. The lowest BCUT2D eigenvalue weighted by molar-refractivity contribution is 0.0951. The van der Waals surface area contributed by atoms with Gasteiger partial charge in [-0.2, -0.15) is 0 Å². The van der Waals surface area contributed by atoms with Crippen molar-refractivity contribution in [3.8, 4) is 11.5 Å². The zero-order chi connectivity index (χ0) is 17.7. The normalized spacial score (nSPS) is 10.3. The fourth-order valence-corrected chi connectivity index (χ4v) is 2.71. The van der Waals surface area contributed by atoms with E-state index in [-0.39, 0.29) is 11.5 Å². The van der Waals surface area contributed by atoms with Crippen LogP contribution in [-0.4, -0.2) is 31.2 Å². The van der Waals surface area contributed by atoms with Crippen LogP contribution in [0.2, 0.25) is 0 Å². The standard InChI is InChI=1S/C17H19BrN2O4/c1-11-8-13(24-3)10-16(21)20(11)7-6-19-17(22)14-9-12(23-2)4-5-15(14)18/h4-5,8-10H,6-7H2,1-3H3,(H,19,22). The number of aromatic nitrogens is 1. The van der Waals surface area contributed by atoms with Gasteiger partial charge in [0.25, 0.3) is 11.5 Å². The van der Waals surface area contributed by atoms with Gasteiger partial charge in [0.2, 0.25) is 0 Å². The van der Waals surface area contributed by atoms with E-state index in [1.54, 1.807) is 35.9 Å². The molecule has 1 amide bonds. The van der Waals surface area contributed by atoms with E-state index in [0.29, 0.717) is 34.6 Å².